The van der Waals surface area contributed by atoms with E-state index in [0.717, 1.165) is 24.9 Å². The van der Waals surface area contributed by atoms with Crippen LogP contribution in [0.4, 0.5) is 0 Å². The lowest BCUT2D eigenvalue weighted by molar-refractivity contribution is -0.128. The average molecular weight is 240 g/mol. The molecule has 0 bridgehead atoms. The van der Waals surface area contributed by atoms with Gasteiger partial charge in [0.2, 0.25) is 5.91 Å². The molecule has 3 nitrogen and oxygen atoms in total. The van der Waals surface area contributed by atoms with E-state index in [1.54, 1.807) is 7.05 Å². The number of nitrogens with one attached hydrogen (secondary N) is 2. The minimum atomic E-state index is -0.310. The molecule has 1 aliphatic carbocycles. The van der Waals surface area contributed by atoms with Crippen molar-refractivity contribution in [1.29, 1.82) is 0 Å². The molecule has 0 aromatic heterocycles. The van der Waals surface area contributed by atoms with E-state index in [1.807, 2.05) is 13.8 Å². The van der Waals surface area contributed by atoms with Gasteiger partial charge in [-0.15, -0.1) is 0 Å². The van der Waals surface area contributed by atoms with E-state index < -0.39 is 0 Å². The molecule has 1 amide bonds. The Bertz CT molecular complexity index is 251. The van der Waals surface area contributed by atoms with Crippen LogP contribution in [-0.2, 0) is 4.79 Å². The van der Waals surface area contributed by atoms with Gasteiger partial charge in [0, 0.05) is 13.6 Å². The van der Waals surface area contributed by atoms with Crippen LogP contribution in [0.1, 0.15) is 46.5 Å². The van der Waals surface area contributed by atoms with E-state index >= 15 is 0 Å². The van der Waals surface area contributed by atoms with Gasteiger partial charge in [0.1, 0.15) is 0 Å². The largest absolute Gasteiger partial charge is 0.359 e. The van der Waals surface area contributed by atoms with Crippen LogP contribution < -0.4 is 10.6 Å². The molecule has 1 fully saturated rings. The number of hydrogen-bond acceptors (Lipinski definition) is 2. The second kappa shape index (κ2) is 6.39. The smallest absolute Gasteiger partial charge is 0.226 e. The molecule has 1 saturated carbocycles. The van der Waals surface area contributed by atoms with Crippen LogP contribution in [0.25, 0.3) is 0 Å². The highest BCUT2D eigenvalue weighted by molar-refractivity contribution is 5.81. The van der Waals surface area contributed by atoms with Gasteiger partial charge in [-0.3, -0.25) is 4.79 Å². The summed E-state index contributed by atoms with van der Waals surface area (Å²) in [5.74, 6) is 1.80. The van der Waals surface area contributed by atoms with Crippen LogP contribution in [0, 0.1) is 17.3 Å². The van der Waals surface area contributed by atoms with Crippen molar-refractivity contribution in [1.82, 2.24) is 10.6 Å². The number of amides is 1. The molecule has 100 valence electrons. The van der Waals surface area contributed by atoms with E-state index in [0.29, 0.717) is 0 Å². The van der Waals surface area contributed by atoms with Gasteiger partial charge in [0.15, 0.2) is 0 Å². The lowest BCUT2D eigenvalue weighted by Crippen LogP contribution is -2.43. The Morgan fingerprint density at radius 3 is 2.65 bits per heavy atom. The maximum atomic E-state index is 11.6. The summed E-state index contributed by atoms with van der Waals surface area (Å²) in [6.45, 7) is 8.15. The second-order valence-electron chi connectivity index (χ2n) is 6.23. The molecular weight excluding hydrogens is 212 g/mol. The molecule has 1 aliphatic rings. The summed E-state index contributed by atoms with van der Waals surface area (Å²) in [6.07, 6.45) is 5.44. The molecule has 0 aromatic rings. The van der Waals surface area contributed by atoms with Gasteiger partial charge in [-0.05, 0) is 45.1 Å². The molecule has 0 heterocycles. The Balaban J connectivity index is 2.25. The van der Waals surface area contributed by atoms with Gasteiger partial charge in [-0.1, -0.05) is 19.8 Å². The molecule has 0 aromatic carbocycles. The first-order valence-corrected chi connectivity index (χ1v) is 6.88. The number of rotatable bonds is 5. The molecule has 3 heteroatoms. The van der Waals surface area contributed by atoms with Crippen molar-refractivity contribution in [2.45, 2.75) is 46.5 Å². The molecule has 0 spiro atoms. The first kappa shape index (κ1) is 14.5. The van der Waals surface area contributed by atoms with Gasteiger partial charge in [0.05, 0.1) is 5.41 Å². The lowest BCUT2D eigenvalue weighted by Gasteiger charge is -2.29. The summed E-state index contributed by atoms with van der Waals surface area (Å²) in [6, 6.07) is 0. The van der Waals surface area contributed by atoms with E-state index in [2.05, 4.69) is 17.6 Å². The van der Waals surface area contributed by atoms with Crippen LogP contribution in [-0.4, -0.2) is 26.0 Å². The zero-order valence-electron chi connectivity index (χ0n) is 11.8. The zero-order chi connectivity index (χ0) is 12.9. The fourth-order valence-electron chi connectivity index (χ4n) is 2.75. The number of hydrogen-bond donors (Lipinski definition) is 2. The van der Waals surface area contributed by atoms with Gasteiger partial charge < -0.3 is 10.6 Å². The summed E-state index contributed by atoms with van der Waals surface area (Å²) in [4.78, 5) is 11.6. The van der Waals surface area contributed by atoms with Gasteiger partial charge in [-0.2, -0.15) is 0 Å². The first-order valence-electron chi connectivity index (χ1n) is 6.88. The van der Waals surface area contributed by atoms with E-state index in [1.165, 1.54) is 25.7 Å². The van der Waals surface area contributed by atoms with Crippen molar-refractivity contribution in [2.75, 3.05) is 20.1 Å². The van der Waals surface area contributed by atoms with Crippen molar-refractivity contribution in [2.24, 2.45) is 17.3 Å². The van der Waals surface area contributed by atoms with Crippen LogP contribution in [0.2, 0.25) is 0 Å². The molecule has 2 unspecified atom stereocenters. The molecule has 17 heavy (non-hydrogen) atoms. The minimum absolute atomic E-state index is 0.113. The highest BCUT2D eigenvalue weighted by Crippen LogP contribution is 2.28. The molecule has 1 rings (SSSR count). The molecule has 0 radical (unpaired) electrons. The Labute approximate surface area is 106 Å². The van der Waals surface area contributed by atoms with Gasteiger partial charge in [0.25, 0.3) is 0 Å². The monoisotopic (exact) mass is 240 g/mol. The van der Waals surface area contributed by atoms with Crippen molar-refractivity contribution in [3.05, 3.63) is 0 Å². The fraction of sp³-hybridized carbons (Fsp3) is 0.929. The number of carbonyl (C=O) groups excluding carboxylic acids is 1. The quantitative estimate of drug-likeness (QED) is 0.773. The molecule has 2 N–H and O–H groups in total. The maximum Gasteiger partial charge on any atom is 0.226 e. The van der Waals surface area contributed by atoms with E-state index in [9.17, 15) is 4.79 Å². The van der Waals surface area contributed by atoms with Gasteiger partial charge in [-0.25, -0.2) is 0 Å². The van der Waals surface area contributed by atoms with Gasteiger partial charge >= 0.3 is 0 Å². The predicted molar refractivity (Wildman–Crippen MR) is 71.8 cm³/mol. The van der Waals surface area contributed by atoms with Crippen molar-refractivity contribution in [3.8, 4) is 0 Å². The minimum Gasteiger partial charge on any atom is -0.359 e. The van der Waals surface area contributed by atoms with Crippen molar-refractivity contribution < 1.29 is 4.79 Å². The molecule has 2 atom stereocenters. The summed E-state index contributed by atoms with van der Waals surface area (Å²) >= 11 is 0. The standard InChI is InChI=1S/C14H28N2O/c1-11-6-5-7-12(8-11)9-16-10-14(2,3)13(17)15-4/h11-12,16H,5-10H2,1-4H3,(H,15,17). The highest BCUT2D eigenvalue weighted by atomic mass is 16.2. The summed E-state index contributed by atoms with van der Waals surface area (Å²) in [5.41, 5.74) is -0.310. The Morgan fingerprint density at radius 1 is 1.35 bits per heavy atom. The summed E-state index contributed by atoms with van der Waals surface area (Å²) in [5, 5.41) is 6.19. The third-order valence-electron chi connectivity index (χ3n) is 3.89. The SMILES string of the molecule is CNC(=O)C(C)(C)CNCC1CCCC(C)C1. The highest BCUT2D eigenvalue weighted by Gasteiger charge is 2.26. The van der Waals surface area contributed by atoms with Crippen LogP contribution in [0.3, 0.4) is 0 Å². The molecular formula is C14H28N2O. The van der Waals surface area contributed by atoms with E-state index in [4.69, 9.17) is 0 Å². The summed E-state index contributed by atoms with van der Waals surface area (Å²) in [7, 11) is 1.70. The maximum absolute atomic E-state index is 11.6. The van der Waals surface area contributed by atoms with Crippen LogP contribution in [0.5, 0.6) is 0 Å². The Hall–Kier alpha value is -0.570. The van der Waals surface area contributed by atoms with E-state index in [-0.39, 0.29) is 11.3 Å². The number of carbonyl (C=O) groups is 1. The van der Waals surface area contributed by atoms with Crippen LogP contribution >= 0.6 is 0 Å². The second-order valence-corrected chi connectivity index (χ2v) is 6.23. The third-order valence-corrected chi connectivity index (χ3v) is 3.89. The first-order chi connectivity index (χ1) is 7.95. The Kier molecular flexibility index (Phi) is 5.44. The van der Waals surface area contributed by atoms with Crippen molar-refractivity contribution >= 4 is 5.91 Å². The topological polar surface area (TPSA) is 41.1 Å². The molecule has 0 saturated heterocycles. The third kappa shape index (κ3) is 4.66. The van der Waals surface area contributed by atoms with Crippen LogP contribution in [0.15, 0.2) is 0 Å². The zero-order valence-corrected chi connectivity index (χ0v) is 11.8. The normalized spacial score (nSPS) is 25.6. The molecule has 0 aliphatic heterocycles. The average Bonchev–Trinajstić information content (AvgIpc) is 2.27. The Morgan fingerprint density at radius 2 is 2.06 bits per heavy atom. The fourth-order valence-corrected chi connectivity index (χ4v) is 2.75. The van der Waals surface area contributed by atoms with Crippen molar-refractivity contribution in [3.63, 3.8) is 0 Å². The predicted octanol–water partition coefficient (Wildman–Crippen LogP) is 2.17. The summed E-state index contributed by atoms with van der Waals surface area (Å²) < 4.78 is 0. The lowest BCUT2D eigenvalue weighted by atomic mass is 9.82.